The van der Waals surface area contributed by atoms with Crippen LogP contribution in [0.1, 0.15) is 81.9 Å². The molecule has 0 bridgehead atoms. The summed E-state index contributed by atoms with van der Waals surface area (Å²) in [5.41, 5.74) is 1.76. The van der Waals surface area contributed by atoms with E-state index in [4.69, 9.17) is 11.6 Å². The van der Waals surface area contributed by atoms with E-state index in [9.17, 15) is 20.1 Å². The molecule has 6 atom stereocenters. The maximum Gasteiger partial charge on any atom is 0.306 e. The van der Waals surface area contributed by atoms with Gasteiger partial charge in [-0.05, 0) is 49.7 Å². The molecule has 0 saturated heterocycles. The van der Waals surface area contributed by atoms with Crippen molar-refractivity contribution >= 4 is 17.6 Å². The van der Waals surface area contributed by atoms with E-state index in [1.54, 1.807) is 0 Å². The van der Waals surface area contributed by atoms with E-state index in [0.717, 1.165) is 36.8 Å². The Labute approximate surface area is 179 Å². The zero-order valence-corrected chi connectivity index (χ0v) is 18.3. The van der Waals surface area contributed by atoms with Crippen molar-refractivity contribution in [3.63, 3.8) is 0 Å². The van der Waals surface area contributed by atoms with E-state index in [1.165, 1.54) is 0 Å². The van der Waals surface area contributed by atoms with Gasteiger partial charge in [-0.3, -0.25) is 4.79 Å². The predicted octanol–water partition coefficient (Wildman–Crippen LogP) is 5.43. The number of benzene rings is 1. The Morgan fingerprint density at radius 2 is 1.93 bits per heavy atom. The van der Waals surface area contributed by atoms with Gasteiger partial charge in [0.25, 0.3) is 0 Å². The largest absolute Gasteiger partial charge is 0.481 e. The third-order valence-electron chi connectivity index (χ3n) is 6.16. The standard InChI is InChI=1S/C24H35ClO4/c1-3-5-7-9-18(24(28)29)23-19(25)15-21(27)22(23)17-13-11-16(12-14-17)20(26)10-8-6-4-2/h3,5,11-14,18-23,26-27H,4,6-10,15H2,1-2H3,(H,28,29)/t18?,19-,20-,21-,22+,23-/m1/s1. The van der Waals surface area contributed by atoms with E-state index in [-0.39, 0.29) is 17.2 Å². The number of hydrogen-bond donors (Lipinski definition) is 3. The number of carboxylic acid groups (broad SMARTS) is 1. The molecule has 1 aromatic rings. The molecule has 1 fully saturated rings. The van der Waals surface area contributed by atoms with Gasteiger partial charge in [-0.1, -0.05) is 62.6 Å². The fourth-order valence-corrected chi connectivity index (χ4v) is 5.10. The van der Waals surface area contributed by atoms with Gasteiger partial charge in [0, 0.05) is 11.3 Å². The second-order valence-electron chi connectivity index (χ2n) is 8.19. The van der Waals surface area contributed by atoms with Crippen molar-refractivity contribution in [2.75, 3.05) is 0 Å². The van der Waals surface area contributed by atoms with E-state index in [0.29, 0.717) is 19.3 Å². The maximum absolute atomic E-state index is 12.0. The molecule has 29 heavy (non-hydrogen) atoms. The Bertz CT molecular complexity index is 657. The molecule has 1 aromatic carbocycles. The van der Waals surface area contributed by atoms with Gasteiger partial charge in [0.05, 0.1) is 18.1 Å². The second-order valence-corrected chi connectivity index (χ2v) is 8.75. The molecule has 1 aliphatic carbocycles. The minimum Gasteiger partial charge on any atom is -0.481 e. The van der Waals surface area contributed by atoms with Gasteiger partial charge >= 0.3 is 5.97 Å². The van der Waals surface area contributed by atoms with Crippen LogP contribution >= 0.6 is 11.6 Å². The molecule has 4 nitrogen and oxygen atoms in total. The molecular weight excluding hydrogens is 388 g/mol. The summed E-state index contributed by atoms with van der Waals surface area (Å²) >= 11 is 6.54. The van der Waals surface area contributed by atoms with Gasteiger partial charge in [-0.25, -0.2) is 0 Å². The lowest BCUT2D eigenvalue weighted by Crippen LogP contribution is -2.31. The molecule has 5 heteroatoms. The zero-order valence-electron chi connectivity index (χ0n) is 17.5. The van der Waals surface area contributed by atoms with Crippen LogP contribution in [0, 0.1) is 11.8 Å². The van der Waals surface area contributed by atoms with E-state index < -0.39 is 24.1 Å². The number of unbranched alkanes of at least 4 members (excludes halogenated alkanes) is 2. The number of carboxylic acids is 1. The Morgan fingerprint density at radius 1 is 1.24 bits per heavy atom. The van der Waals surface area contributed by atoms with Crippen molar-refractivity contribution in [3.05, 3.63) is 47.5 Å². The number of aliphatic carboxylic acids is 1. The summed E-state index contributed by atoms with van der Waals surface area (Å²) < 4.78 is 0. The number of hydrogen-bond acceptors (Lipinski definition) is 3. The molecule has 3 N–H and O–H groups in total. The molecule has 0 aromatic heterocycles. The van der Waals surface area contributed by atoms with E-state index in [1.807, 2.05) is 43.3 Å². The van der Waals surface area contributed by atoms with Crippen molar-refractivity contribution in [1.29, 1.82) is 0 Å². The van der Waals surface area contributed by atoms with Crippen molar-refractivity contribution in [3.8, 4) is 0 Å². The molecule has 0 spiro atoms. The van der Waals surface area contributed by atoms with E-state index >= 15 is 0 Å². The van der Waals surface area contributed by atoms with Crippen molar-refractivity contribution in [1.82, 2.24) is 0 Å². The van der Waals surface area contributed by atoms with Gasteiger partial charge in [0.15, 0.2) is 0 Å². The Balaban J connectivity index is 2.19. The first-order valence-corrected chi connectivity index (χ1v) is 11.3. The van der Waals surface area contributed by atoms with Crippen LogP contribution in [0.4, 0.5) is 0 Å². The molecule has 0 amide bonds. The summed E-state index contributed by atoms with van der Waals surface area (Å²) in [4.78, 5) is 12.0. The van der Waals surface area contributed by atoms with Crippen LogP contribution in [0.15, 0.2) is 36.4 Å². The van der Waals surface area contributed by atoms with Crippen molar-refractivity contribution in [2.24, 2.45) is 11.8 Å². The van der Waals surface area contributed by atoms with Gasteiger partial charge < -0.3 is 15.3 Å². The molecule has 162 valence electrons. The van der Waals surface area contributed by atoms with Crippen LogP contribution in [0.3, 0.4) is 0 Å². The van der Waals surface area contributed by atoms with Crippen LogP contribution in [-0.4, -0.2) is 32.8 Å². The van der Waals surface area contributed by atoms with Gasteiger partial charge in [-0.15, -0.1) is 11.6 Å². The highest BCUT2D eigenvalue weighted by Crippen LogP contribution is 2.48. The molecule has 0 aliphatic heterocycles. The lowest BCUT2D eigenvalue weighted by atomic mass is 9.77. The first kappa shape index (κ1) is 23.9. The number of aliphatic hydroxyl groups is 2. The quantitative estimate of drug-likeness (QED) is 0.252. The molecule has 1 aliphatic rings. The minimum absolute atomic E-state index is 0.310. The Morgan fingerprint density at radius 3 is 2.52 bits per heavy atom. The lowest BCUT2D eigenvalue weighted by Gasteiger charge is -2.29. The smallest absolute Gasteiger partial charge is 0.306 e. The number of alkyl halides is 1. The van der Waals surface area contributed by atoms with Crippen molar-refractivity contribution in [2.45, 2.75) is 82.3 Å². The Hall–Kier alpha value is -1.36. The topological polar surface area (TPSA) is 77.8 Å². The molecule has 2 rings (SSSR count). The normalized spacial score (nSPS) is 26.7. The van der Waals surface area contributed by atoms with E-state index in [2.05, 4.69) is 6.92 Å². The summed E-state index contributed by atoms with van der Waals surface area (Å²) in [5.74, 6) is -2.09. The fourth-order valence-electron chi connectivity index (χ4n) is 4.58. The zero-order chi connectivity index (χ0) is 21.4. The first-order chi connectivity index (χ1) is 13.9. The number of carbonyl (C=O) groups is 1. The highest BCUT2D eigenvalue weighted by atomic mass is 35.5. The molecule has 0 radical (unpaired) electrons. The van der Waals surface area contributed by atoms with Crippen LogP contribution in [0.2, 0.25) is 0 Å². The number of halogens is 1. The number of allylic oxidation sites excluding steroid dienone is 2. The van der Waals surface area contributed by atoms with Crippen molar-refractivity contribution < 1.29 is 20.1 Å². The molecule has 1 saturated carbocycles. The van der Waals surface area contributed by atoms with Crippen LogP contribution in [0.25, 0.3) is 0 Å². The monoisotopic (exact) mass is 422 g/mol. The summed E-state index contributed by atoms with van der Waals surface area (Å²) in [6, 6.07) is 7.62. The second kappa shape index (κ2) is 11.7. The average Bonchev–Trinajstić information content (AvgIpc) is 2.98. The highest BCUT2D eigenvalue weighted by Gasteiger charge is 2.48. The summed E-state index contributed by atoms with van der Waals surface area (Å²) in [6.07, 6.45) is 8.25. The lowest BCUT2D eigenvalue weighted by molar-refractivity contribution is -0.144. The number of aliphatic hydroxyl groups excluding tert-OH is 2. The molecule has 1 unspecified atom stereocenters. The fraction of sp³-hybridized carbons (Fsp3) is 0.625. The van der Waals surface area contributed by atoms with Gasteiger partial charge in [0.2, 0.25) is 0 Å². The van der Waals surface area contributed by atoms with Gasteiger partial charge in [0.1, 0.15) is 0 Å². The van der Waals surface area contributed by atoms with Crippen LogP contribution < -0.4 is 0 Å². The summed E-state index contributed by atoms with van der Waals surface area (Å²) in [5, 5.41) is 30.5. The Kier molecular flexibility index (Phi) is 9.67. The van der Waals surface area contributed by atoms with Crippen LogP contribution in [-0.2, 0) is 4.79 Å². The summed E-state index contributed by atoms with van der Waals surface area (Å²) in [7, 11) is 0. The third-order valence-corrected chi connectivity index (χ3v) is 6.63. The SMILES string of the molecule is CC=CCCC(C(=O)O)[C@H]1[C@@H](c2ccc([C@H](O)CCCCC)cc2)[C@H](O)C[C@H]1Cl. The molecular formula is C24H35ClO4. The average molecular weight is 423 g/mol. The number of rotatable bonds is 11. The predicted molar refractivity (Wildman–Crippen MR) is 117 cm³/mol. The van der Waals surface area contributed by atoms with Crippen LogP contribution in [0.5, 0.6) is 0 Å². The molecule has 0 heterocycles. The maximum atomic E-state index is 12.0. The third kappa shape index (κ3) is 6.31. The van der Waals surface area contributed by atoms with Gasteiger partial charge in [-0.2, -0.15) is 0 Å². The summed E-state index contributed by atoms with van der Waals surface area (Å²) in [6.45, 7) is 4.05. The highest BCUT2D eigenvalue weighted by molar-refractivity contribution is 6.21. The first-order valence-electron chi connectivity index (χ1n) is 10.8. The minimum atomic E-state index is -0.854.